The topological polar surface area (TPSA) is 71.8 Å². The molecule has 2 N–H and O–H groups in total. The van der Waals surface area contributed by atoms with Crippen molar-refractivity contribution in [1.29, 1.82) is 0 Å². The lowest BCUT2D eigenvalue weighted by molar-refractivity contribution is -0.116. The SMILES string of the molecule is O=C(Nc1ccc(Cl)cc1)[C@H]1Sc2nnc(-c3ccccc3)n2N[C@H]1c1ccccc1. The number of nitrogens with one attached hydrogen (secondary N) is 2. The minimum absolute atomic E-state index is 0.121. The lowest BCUT2D eigenvalue weighted by Gasteiger charge is -2.33. The summed E-state index contributed by atoms with van der Waals surface area (Å²) in [6.07, 6.45) is 0. The quantitative estimate of drug-likeness (QED) is 0.460. The van der Waals surface area contributed by atoms with Crippen LogP contribution in [-0.2, 0) is 4.79 Å². The third-order valence-corrected chi connectivity index (χ3v) is 6.46. The number of fused-ring (bicyclic) bond motifs is 1. The minimum Gasteiger partial charge on any atom is -0.325 e. The van der Waals surface area contributed by atoms with Crippen LogP contribution in [-0.4, -0.2) is 26.0 Å². The Morgan fingerprint density at radius 3 is 2.32 bits per heavy atom. The van der Waals surface area contributed by atoms with Gasteiger partial charge in [-0.15, -0.1) is 10.2 Å². The normalized spacial score (nSPS) is 17.5. The summed E-state index contributed by atoms with van der Waals surface area (Å²) in [5.41, 5.74) is 6.12. The molecule has 3 aromatic carbocycles. The molecule has 2 heterocycles. The lowest BCUT2D eigenvalue weighted by atomic mass is 10.0. The van der Waals surface area contributed by atoms with Gasteiger partial charge in [0.2, 0.25) is 11.1 Å². The zero-order chi connectivity index (χ0) is 21.2. The van der Waals surface area contributed by atoms with E-state index in [1.807, 2.05) is 65.3 Å². The number of aromatic nitrogens is 3. The van der Waals surface area contributed by atoms with Gasteiger partial charge < -0.3 is 10.7 Å². The highest BCUT2D eigenvalue weighted by Crippen LogP contribution is 2.39. The second-order valence-corrected chi connectivity index (χ2v) is 8.60. The van der Waals surface area contributed by atoms with Crippen LogP contribution in [0.15, 0.2) is 90.1 Å². The number of hydrogen-bond acceptors (Lipinski definition) is 5. The van der Waals surface area contributed by atoms with Gasteiger partial charge in [-0.3, -0.25) is 4.79 Å². The summed E-state index contributed by atoms with van der Waals surface area (Å²) < 4.78 is 1.86. The van der Waals surface area contributed by atoms with Gasteiger partial charge in [-0.25, -0.2) is 4.68 Å². The molecule has 0 radical (unpaired) electrons. The van der Waals surface area contributed by atoms with Crippen molar-refractivity contribution in [3.8, 4) is 11.4 Å². The van der Waals surface area contributed by atoms with Gasteiger partial charge in [-0.1, -0.05) is 84.0 Å². The molecule has 8 heteroatoms. The summed E-state index contributed by atoms with van der Waals surface area (Å²) in [4.78, 5) is 13.3. The summed E-state index contributed by atoms with van der Waals surface area (Å²) in [5, 5.41) is 12.5. The number of rotatable bonds is 4. The van der Waals surface area contributed by atoms with Crippen LogP contribution in [0.3, 0.4) is 0 Å². The van der Waals surface area contributed by atoms with E-state index < -0.39 is 5.25 Å². The van der Waals surface area contributed by atoms with Crippen molar-refractivity contribution in [3.05, 3.63) is 95.5 Å². The zero-order valence-electron chi connectivity index (χ0n) is 16.3. The first-order valence-electron chi connectivity index (χ1n) is 9.74. The van der Waals surface area contributed by atoms with Gasteiger partial charge in [0.25, 0.3) is 0 Å². The molecule has 1 amide bonds. The molecule has 1 aromatic heterocycles. The molecule has 31 heavy (non-hydrogen) atoms. The van der Waals surface area contributed by atoms with Crippen LogP contribution in [0, 0.1) is 0 Å². The number of halogens is 1. The Morgan fingerprint density at radius 1 is 0.935 bits per heavy atom. The smallest absolute Gasteiger partial charge is 0.240 e. The van der Waals surface area contributed by atoms with E-state index in [0.29, 0.717) is 21.7 Å². The monoisotopic (exact) mass is 447 g/mol. The van der Waals surface area contributed by atoms with Gasteiger partial charge >= 0.3 is 0 Å². The highest BCUT2D eigenvalue weighted by molar-refractivity contribution is 8.00. The first kappa shape index (κ1) is 19.7. The Balaban J connectivity index is 1.50. The maximum Gasteiger partial charge on any atom is 0.240 e. The third kappa shape index (κ3) is 4.02. The van der Waals surface area contributed by atoms with Crippen LogP contribution < -0.4 is 10.7 Å². The standard InChI is InChI=1S/C23H18ClN5OS/c24-17-11-13-18(14-12-17)25-22(30)20-19(15-7-3-1-4-8-15)28-29-21(26-27-23(29)31-20)16-9-5-2-6-10-16/h1-14,19-20,28H,(H,25,30)/t19-,20-/m0/s1. The average Bonchev–Trinajstić information content (AvgIpc) is 3.24. The number of hydrogen-bond donors (Lipinski definition) is 2. The van der Waals surface area contributed by atoms with E-state index in [4.69, 9.17) is 11.6 Å². The van der Waals surface area contributed by atoms with E-state index in [-0.39, 0.29) is 11.9 Å². The third-order valence-electron chi connectivity index (χ3n) is 5.00. The van der Waals surface area contributed by atoms with Crippen LogP contribution in [0.25, 0.3) is 11.4 Å². The van der Waals surface area contributed by atoms with Crippen LogP contribution in [0.2, 0.25) is 5.02 Å². The van der Waals surface area contributed by atoms with Crippen molar-refractivity contribution >= 4 is 35.0 Å². The summed E-state index contributed by atoms with van der Waals surface area (Å²) >= 11 is 7.36. The van der Waals surface area contributed by atoms with Gasteiger partial charge in [-0.2, -0.15) is 0 Å². The Hall–Kier alpha value is -3.29. The van der Waals surface area contributed by atoms with Crippen molar-refractivity contribution in [3.63, 3.8) is 0 Å². The predicted octanol–water partition coefficient (Wildman–Crippen LogP) is 5.00. The molecule has 0 unspecified atom stereocenters. The molecule has 0 aliphatic carbocycles. The van der Waals surface area contributed by atoms with Crippen molar-refractivity contribution in [2.45, 2.75) is 16.4 Å². The number of thioether (sulfide) groups is 1. The zero-order valence-corrected chi connectivity index (χ0v) is 17.8. The van der Waals surface area contributed by atoms with Crippen molar-refractivity contribution in [2.75, 3.05) is 10.7 Å². The molecule has 1 aliphatic heterocycles. The summed E-state index contributed by atoms with van der Waals surface area (Å²) in [7, 11) is 0. The van der Waals surface area contributed by atoms with E-state index in [0.717, 1.165) is 11.1 Å². The number of benzene rings is 3. The summed E-state index contributed by atoms with van der Waals surface area (Å²) in [6.45, 7) is 0. The molecule has 0 bridgehead atoms. The van der Waals surface area contributed by atoms with Gasteiger partial charge in [0.15, 0.2) is 5.82 Å². The summed E-state index contributed by atoms with van der Waals surface area (Å²) in [5.74, 6) is 0.588. The highest BCUT2D eigenvalue weighted by Gasteiger charge is 2.38. The first-order chi connectivity index (χ1) is 15.2. The lowest BCUT2D eigenvalue weighted by Crippen LogP contribution is -2.41. The fraction of sp³-hybridized carbons (Fsp3) is 0.0870. The van der Waals surface area contributed by atoms with Gasteiger partial charge in [-0.05, 0) is 29.8 Å². The fourth-order valence-electron chi connectivity index (χ4n) is 3.49. The molecule has 0 saturated carbocycles. The second kappa shape index (κ2) is 8.45. The van der Waals surface area contributed by atoms with Crippen molar-refractivity contribution in [2.24, 2.45) is 0 Å². The van der Waals surface area contributed by atoms with Crippen molar-refractivity contribution < 1.29 is 4.79 Å². The Morgan fingerprint density at radius 2 is 1.61 bits per heavy atom. The van der Waals surface area contributed by atoms with E-state index in [2.05, 4.69) is 20.9 Å². The van der Waals surface area contributed by atoms with Gasteiger partial charge in [0.05, 0.1) is 6.04 Å². The molecule has 5 rings (SSSR count). The number of carbonyl (C=O) groups excluding carboxylic acids is 1. The first-order valence-corrected chi connectivity index (χ1v) is 11.0. The largest absolute Gasteiger partial charge is 0.325 e. The molecular weight excluding hydrogens is 430 g/mol. The molecule has 6 nitrogen and oxygen atoms in total. The molecule has 4 aromatic rings. The molecule has 2 atom stereocenters. The minimum atomic E-state index is -0.446. The molecule has 1 aliphatic rings. The Kier molecular flexibility index (Phi) is 5.36. The van der Waals surface area contributed by atoms with Crippen LogP contribution >= 0.6 is 23.4 Å². The maximum absolute atomic E-state index is 13.3. The number of carbonyl (C=O) groups is 1. The van der Waals surface area contributed by atoms with Crippen LogP contribution in [0.1, 0.15) is 11.6 Å². The average molecular weight is 448 g/mol. The number of anilines is 1. The molecule has 0 spiro atoms. The van der Waals surface area contributed by atoms with Gasteiger partial charge in [0, 0.05) is 16.3 Å². The van der Waals surface area contributed by atoms with Gasteiger partial charge in [0.1, 0.15) is 5.25 Å². The van der Waals surface area contributed by atoms with E-state index >= 15 is 0 Å². The Bertz CT molecular complexity index is 1200. The maximum atomic E-state index is 13.3. The molecule has 0 fully saturated rings. The van der Waals surface area contributed by atoms with Crippen LogP contribution in [0.4, 0.5) is 5.69 Å². The van der Waals surface area contributed by atoms with Crippen molar-refractivity contribution in [1.82, 2.24) is 14.9 Å². The van der Waals surface area contributed by atoms with E-state index in [9.17, 15) is 4.79 Å². The fourth-order valence-corrected chi connectivity index (χ4v) is 4.69. The van der Waals surface area contributed by atoms with Crippen LogP contribution in [0.5, 0.6) is 0 Å². The number of nitrogens with zero attached hydrogens (tertiary/aromatic N) is 3. The molecular formula is C23H18ClN5OS. The molecule has 154 valence electrons. The predicted molar refractivity (Wildman–Crippen MR) is 124 cm³/mol. The Labute approximate surface area is 188 Å². The number of amides is 1. The highest BCUT2D eigenvalue weighted by atomic mass is 35.5. The molecule has 0 saturated heterocycles. The van der Waals surface area contributed by atoms with E-state index in [1.165, 1.54) is 11.8 Å². The second-order valence-electron chi connectivity index (χ2n) is 7.06. The summed E-state index contributed by atoms with van der Waals surface area (Å²) in [6, 6.07) is 26.6. The van der Waals surface area contributed by atoms with E-state index in [1.54, 1.807) is 24.3 Å².